The number of nitrogens with zero attached hydrogens (tertiary/aromatic N) is 1. The second-order valence-corrected chi connectivity index (χ2v) is 6.55. The topological polar surface area (TPSA) is 92.3 Å². The molecule has 0 aliphatic carbocycles. The Morgan fingerprint density at radius 1 is 1.19 bits per heavy atom. The van der Waals surface area contributed by atoms with Crippen LogP contribution in [-0.4, -0.2) is 13.3 Å². The average Bonchev–Trinajstić information content (AvgIpc) is 3.11. The fraction of sp³-hybridized carbons (Fsp3) is 0.250. The van der Waals surface area contributed by atoms with Crippen LogP contribution in [0.15, 0.2) is 60.0 Å². The largest absolute Gasteiger partial charge is 0.497 e. The molecule has 4 N–H and O–H groups in total. The molecule has 2 aromatic rings. The standard InChI is InChI=1S/C20H19FN4O2/c1-26-12-6-4-5-11(9-12)18-17-16(13-7-2-3-8-15(13)21)14(10-22)19(23)27-20(17)25-24-18/h2-9,16-18,20,24-25H,23H2,1H3. The van der Waals surface area contributed by atoms with Gasteiger partial charge in [0, 0.05) is 11.8 Å². The van der Waals surface area contributed by atoms with Crippen molar-refractivity contribution in [2.45, 2.75) is 18.2 Å². The summed E-state index contributed by atoms with van der Waals surface area (Å²) in [6.45, 7) is 0. The number of hydrogen-bond acceptors (Lipinski definition) is 6. The van der Waals surface area contributed by atoms with E-state index in [1.165, 1.54) is 6.07 Å². The van der Waals surface area contributed by atoms with Gasteiger partial charge in [-0.1, -0.05) is 30.3 Å². The molecule has 0 amide bonds. The van der Waals surface area contributed by atoms with Crippen LogP contribution in [0.1, 0.15) is 23.1 Å². The first-order chi connectivity index (χ1) is 13.1. The highest BCUT2D eigenvalue weighted by molar-refractivity contribution is 5.43. The first kappa shape index (κ1) is 17.3. The lowest BCUT2D eigenvalue weighted by atomic mass is 9.74. The number of benzene rings is 2. The molecule has 0 saturated carbocycles. The van der Waals surface area contributed by atoms with Crippen LogP contribution in [0.5, 0.6) is 5.75 Å². The van der Waals surface area contributed by atoms with Crippen LogP contribution in [0.25, 0.3) is 0 Å². The third-order valence-corrected chi connectivity index (χ3v) is 5.14. The molecule has 138 valence electrons. The first-order valence-corrected chi connectivity index (χ1v) is 8.60. The van der Waals surface area contributed by atoms with Crippen LogP contribution in [0.3, 0.4) is 0 Å². The minimum Gasteiger partial charge on any atom is -0.497 e. The zero-order valence-corrected chi connectivity index (χ0v) is 14.6. The number of rotatable bonds is 3. The van der Waals surface area contributed by atoms with Crippen molar-refractivity contribution in [2.24, 2.45) is 11.7 Å². The smallest absolute Gasteiger partial charge is 0.200 e. The van der Waals surface area contributed by atoms with Gasteiger partial charge in [-0.25, -0.2) is 15.2 Å². The number of allylic oxidation sites excluding steroid dienone is 1. The second kappa shape index (κ2) is 6.91. The van der Waals surface area contributed by atoms with Gasteiger partial charge in [0.25, 0.3) is 0 Å². The number of halogens is 1. The fourth-order valence-electron chi connectivity index (χ4n) is 3.92. The summed E-state index contributed by atoms with van der Waals surface area (Å²) in [6.07, 6.45) is -0.497. The zero-order valence-electron chi connectivity index (χ0n) is 14.6. The van der Waals surface area contributed by atoms with Crippen molar-refractivity contribution in [3.8, 4) is 11.8 Å². The molecule has 6 nitrogen and oxygen atoms in total. The lowest BCUT2D eigenvalue weighted by Crippen LogP contribution is -2.41. The molecule has 4 rings (SSSR count). The molecule has 0 bridgehead atoms. The fourth-order valence-corrected chi connectivity index (χ4v) is 3.92. The number of methoxy groups -OCH3 is 1. The molecular weight excluding hydrogens is 347 g/mol. The number of nitrogens with two attached hydrogens (primary N) is 1. The van der Waals surface area contributed by atoms with E-state index in [4.69, 9.17) is 15.2 Å². The molecule has 7 heteroatoms. The van der Waals surface area contributed by atoms with E-state index in [2.05, 4.69) is 16.9 Å². The van der Waals surface area contributed by atoms with Gasteiger partial charge >= 0.3 is 0 Å². The minimum atomic E-state index is -0.548. The lowest BCUT2D eigenvalue weighted by Gasteiger charge is -2.36. The van der Waals surface area contributed by atoms with Crippen molar-refractivity contribution in [2.75, 3.05) is 7.11 Å². The highest BCUT2D eigenvalue weighted by Gasteiger charge is 2.49. The Morgan fingerprint density at radius 3 is 2.74 bits per heavy atom. The van der Waals surface area contributed by atoms with Gasteiger partial charge in [0.15, 0.2) is 6.23 Å². The van der Waals surface area contributed by atoms with E-state index in [9.17, 15) is 9.65 Å². The summed E-state index contributed by atoms with van der Waals surface area (Å²) in [5.74, 6) is -0.468. The van der Waals surface area contributed by atoms with Crippen molar-refractivity contribution in [3.05, 3.63) is 76.9 Å². The van der Waals surface area contributed by atoms with Gasteiger partial charge in [-0.3, -0.25) is 0 Å². The number of fused-ring (bicyclic) bond motifs is 1. The molecule has 2 heterocycles. The summed E-state index contributed by atoms with van der Waals surface area (Å²) in [4.78, 5) is 0. The van der Waals surface area contributed by atoms with Crippen molar-refractivity contribution in [3.63, 3.8) is 0 Å². The first-order valence-electron chi connectivity index (χ1n) is 8.60. The SMILES string of the molecule is COc1cccc(C2NNC3OC(N)=C(C#N)C(c4ccccc4F)C32)c1. The van der Waals surface area contributed by atoms with E-state index >= 15 is 0 Å². The molecule has 0 aromatic heterocycles. The molecule has 27 heavy (non-hydrogen) atoms. The molecule has 4 unspecified atom stereocenters. The third-order valence-electron chi connectivity index (χ3n) is 5.14. The Hall–Kier alpha value is -3.08. The Bertz CT molecular complexity index is 940. The summed E-state index contributed by atoms with van der Waals surface area (Å²) in [5, 5.41) is 9.69. The van der Waals surface area contributed by atoms with Gasteiger partial charge < -0.3 is 15.2 Å². The monoisotopic (exact) mass is 366 g/mol. The molecule has 0 radical (unpaired) electrons. The normalized spacial score (nSPS) is 26.9. The number of hydrogen-bond donors (Lipinski definition) is 3. The summed E-state index contributed by atoms with van der Waals surface area (Å²) >= 11 is 0. The Morgan fingerprint density at radius 2 is 2.00 bits per heavy atom. The summed E-state index contributed by atoms with van der Waals surface area (Å²) in [6, 6.07) is 16.0. The van der Waals surface area contributed by atoms with Gasteiger partial charge in [0.1, 0.15) is 17.6 Å². The van der Waals surface area contributed by atoms with Gasteiger partial charge in [-0.15, -0.1) is 0 Å². The number of nitrogens with one attached hydrogen (secondary N) is 2. The van der Waals surface area contributed by atoms with Crippen molar-refractivity contribution in [1.82, 2.24) is 10.9 Å². The van der Waals surface area contributed by atoms with Crippen LogP contribution in [0.4, 0.5) is 4.39 Å². The Balaban J connectivity index is 1.83. The minimum absolute atomic E-state index is 0.0209. The maximum Gasteiger partial charge on any atom is 0.200 e. The van der Waals surface area contributed by atoms with E-state index < -0.39 is 12.1 Å². The summed E-state index contributed by atoms with van der Waals surface area (Å²) in [5.41, 5.74) is 13.9. The second-order valence-electron chi connectivity index (χ2n) is 6.55. The van der Waals surface area contributed by atoms with Crippen LogP contribution in [0, 0.1) is 23.1 Å². The van der Waals surface area contributed by atoms with Crippen molar-refractivity contribution < 1.29 is 13.9 Å². The van der Waals surface area contributed by atoms with E-state index in [1.54, 1.807) is 25.3 Å². The molecule has 0 spiro atoms. The number of hydrazine groups is 1. The number of ether oxygens (including phenoxy) is 2. The Kier molecular flexibility index (Phi) is 4.44. The zero-order chi connectivity index (χ0) is 19.0. The Labute approximate surface area is 156 Å². The number of nitriles is 1. The highest BCUT2D eigenvalue weighted by atomic mass is 19.1. The predicted octanol–water partition coefficient (Wildman–Crippen LogP) is 2.43. The maximum absolute atomic E-state index is 14.6. The molecule has 4 atom stereocenters. The summed E-state index contributed by atoms with van der Waals surface area (Å²) in [7, 11) is 1.60. The van der Waals surface area contributed by atoms with Crippen LogP contribution in [0.2, 0.25) is 0 Å². The van der Waals surface area contributed by atoms with Crippen molar-refractivity contribution in [1.29, 1.82) is 5.26 Å². The predicted molar refractivity (Wildman–Crippen MR) is 96.3 cm³/mol. The van der Waals surface area contributed by atoms with Gasteiger partial charge in [0.2, 0.25) is 5.88 Å². The molecule has 2 aromatic carbocycles. The van der Waals surface area contributed by atoms with E-state index in [-0.39, 0.29) is 29.2 Å². The molecule has 1 fully saturated rings. The lowest BCUT2D eigenvalue weighted by molar-refractivity contribution is 0.0336. The van der Waals surface area contributed by atoms with E-state index in [0.29, 0.717) is 11.3 Å². The molecule has 2 aliphatic rings. The highest BCUT2D eigenvalue weighted by Crippen LogP contribution is 2.48. The molecule has 2 aliphatic heterocycles. The van der Waals surface area contributed by atoms with Gasteiger partial charge in [0.05, 0.1) is 18.7 Å². The third kappa shape index (κ3) is 2.89. The van der Waals surface area contributed by atoms with Gasteiger partial charge in [-0.05, 0) is 29.3 Å². The quantitative estimate of drug-likeness (QED) is 0.773. The average molecular weight is 366 g/mol. The van der Waals surface area contributed by atoms with E-state index in [0.717, 1.165) is 5.56 Å². The van der Waals surface area contributed by atoms with Crippen LogP contribution < -0.4 is 21.3 Å². The van der Waals surface area contributed by atoms with E-state index in [1.807, 2.05) is 24.3 Å². The van der Waals surface area contributed by atoms with Crippen molar-refractivity contribution >= 4 is 0 Å². The van der Waals surface area contributed by atoms with Crippen LogP contribution in [-0.2, 0) is 4.74 Å². The van der Waals surface area contributed by atoms with Crippen LogP contribution >= 0.6 is 0 Å². The summed E-state index contributed by atoms with van der Waals surface area (Å²) < 4.78 is 25.7. The maximum atomic E-state index is 14.6. The molecule has 1 saturated heterocycles. The molecular formula is C20H19FN4O2. The van der Waals surface area contributed by atoms with Gasteiger partial charge in [-0.2, -0.15) is 5.26 Å².